The highest BCUT2D eigenvalue weighted by molar-refractivity contribution is 6.04. The van der Waals surface area contributed by atoms with Gasteiger partial charge in [0.25, 0.3) is 12.3 Å². The summed E-state index contributed by atoms with van der Waals surface area (Å²) >= 11 is 0. The molecular formula is C41H43F5N8O4. The number of carbonyl (C=O) groups is 3. The van der Waals surface area contributed by atoms with Crippen LogP contribution in [0.15, 0.2) is 59.5 Å². The van der Waals surface area contributed by atoms with Gasteiger partial charge in [-0.15, -0.1) is 0 Å². The molecule has 3 aromatic heterocycles. The van der Waals surface area contributed by atoms with Crippen molar-refractivity contribution in [2.24, 2.45) is 18.9 Å². The third kappa shape index (κ3) is 7.87. The van der Waals surface area contributed by atoms with Gasteiger partial charge in [-0.2, -0.15) is 18.3 Å². The monoisotopic (exact) mass is 806 g/mol. The number of aryl methyl sites for hydroxylation is 1. The summed E-state index contributed by atoms with van der Waals surface area (Å²) in [6, 6.07) is 10.6. The Labute approximate surface area is 329 Å². The summed E-state index contributed by atoms with van der Waals surface area (Å²) < 4.78 is 72.6. The number of likely N-dealkylation sites (tertiary alicyclic amines) is 1. The summed E-state index contributed by atoms with van der Waals surface area (Å²) in [4.78, 5) is 56.5. The van der Waals surface area contributed by atoms with Gasteiger partial charge in [-0.25, -0.2) is 18.6 Å². The van der Waals surface area contributed by atoms with Gasteiger partial charge in [0.1, 0.15) is 17.4 Å². The fourth-order valence-corrected chi connectivity index (χ4v) is 9.04. The molecule has 8 rings (SSSR count). The zero-order chi connectivity index (χ0) is 40.9. The van der Waals surface area contributed by atoms with E-state index in [2.05, 4.69) is 31.7 Å². The highest BCUT2D eigenvalue weighted by atomic mass is 19.4. The molecule has 1 atom stereocenters. The summed E-state index contributed by atoms with van der Waals surface area (Å²) in [6.45, 7) is 2.92. The van der Waals surface area contributed by atoms with E-state index in [-0.39, 0.29) is 29.7 Å². The fourth-order valence-electron chi connectivity index (χ4n) is 9.04. The number of pyridine rings is 1. The second-order valence-electron chi connectivity index (χ2n) is 15.9. The van der Waals surface area contributed by atoms with E-state index in [1.54, 1.807) is 22.5 Å². The topological polar surface area (TPSA) is 136 Å². The van der Waals surface area contributed by atoms with Crippen molar-refractivity contribution in [1.82, 2.24) is 34.1 Å². The number of imidazole rings is 1. The number of fused-ring (bicyclic) bond motifs is 2. The summed E-state index contributed by atoms with van der Waals surface area (Å²) in [5.74, 6) is -0.858. The van der Waals surface area contributed by atoms with Crippen LogP contribution in [0.1, 0.15) is 97.2 Å². The van der Waals surface area contributed by atoms with Gasteiger partial charge in [-0.3, -0.25) is 33.5 Å². The lowest BCUT2D eigenvalue weighted by molar-refractivity contribution is -0.141. The molecule has 17 heteroatoms. The van der Waals surface area contributed by atoms with E-state index in [1.165, 1.54) is 16.7 Å². The van der Waals surface area contributed by atoms with Gasteiger partial charge in [-0.1, -0.05) is 18.2 Å². The number of nitrogens with one attached hydrogen (secondary N) is 2. The molecule has 2 aromatic carbocycles. The first-order valence-corrected chi connectivity index (χ1v) is 19.6. The standard InChI is InChI=1S/C41H43F5N8O4/c1-51-36-25(4-2-6-32(36)54(40(51)58)33-12-13-35(55)49-39(33)57)18-23-14-16-52(17-15-23)21-24-8-10-27(11-9-24)53-22-26-19-31(28(37(42)43)20-30(26)50-53)48-38(56)29-5-3-7-34(47-29)41(44,45)46/h2-7,19-20,22-24,27,33,37H,8-18,21H2,1H3,(H,48,56)(H,49,55,57). The van der Waals surface area contributed by atoms with Crippen molar-refractivity contribution < 1.29 is 36.3 Å². The van der Waals surface area contributed by atoms with E-state index in [9.17, 15) is 41.1 Å². The van der Waals surface area contributed by atoms with Crippen molar-refractivity contribution in [2.45, 2.75) is 82.5 Å². The first-order valence-electron chi connectivity index (χ1n) is 19.6. The lowest BCUT2D eigenvalue weighted by Crippen LogP contribution is -2.44. The van der Waals surface area contributed by atoms with Gasteiger partial charge in [0.15, 0.2) is 0 Å². The van der Waals surface area contributed by atoms with Gasteiger partial charge < -0.3 is 10.2 Å². The van der Waals surface area contributed by atoms with Gasteiger partial charge >= 0.3 is 11.9 Å². The second-order valence-corrected chi connectivity index (χ2v) is 15.9. The van der Waals surface area contributed by atoms with Crippen LogP contribution in [0.3, 0.4) is 0 Å². The van der Waals surface area contributed by atoms with Crippen molar-refractivity contribution in [3.05, 3.63) is 87.7 Å². The van der Waals surface area contributed by atoms with Crippen LogP contribution < -0.4 is 16.3 Å². The van der Waals surface area contributed by atoms with Gasteiger partial charge in [0.2, 0.25) is 11.8 Å². The third-order valence-electron chi connectivity index (χ3n) is 12.1. The maximum absolute atomic E-state index is 14.1. The number of halogens is 5. The number of para-hydroxylation sites is 1. The van der Waals surface area contributed by atoms with E-state index in [1.807, 2.05) is 12.1 Å². The first kappa shape index (κ1) is 39.4. The van der Waals surface area contributed by atoms with Crippen molar-refractivity contribution in [3.8, 4) is 0 Å². The maximum atomic E-state index is 14.1. The Hall–Kier alpha value is -5.45. The molecule has 1 aliphatic carbocycles. The molecule has 0 spiro atoms. The molecule has 2 saturated heterocycles. The molecule has 2 N–H and O–H groups in total. The quantitative estimate of drug-likeness (QED) is 0.122. The molecule has 58 heavy (non-hydrogen) atoms. The molecule has 306 valence electrons. The maximum Gasteiger partial charge on any atom is 0.433 e. The molecule has 12 nitrogen and oxygen atoms in total. The normalized spacial score (nSPS) is 21.3. The van der Waals surface area contributed by atoms with Crippen LogP contribution >= 0.6 is 0 Å². The van der Waals surface area contributed by atoms with Crippen molar-refractivity contribution in [1.29, 1.82) is 0 Å². The van der Waals surface area contributed by atoms with Gasteiger partial charge in [0, 0.05) is 37.2 Å². The summed E-state index contributed by atoms with van der Waals surface area (Å²) in [5.41, 5.74) is 0.163. The number of amides is 3. The first-order chi connectivity index (χ1) is 27.7. The second kappa shape index (κ2) is 15.7. The molecule has 3 fully saturated rings. The van der Waals surface area contributed by atoms with E-state index in [4.69, 9.17) is 0 Å². The van der Waals surface area contributed by atoms with Crippen LogP contribution in [-0.2, 0) is 29.2 Å². The Morgan fingerprint density at radius 2 is 1.69 bits per heavy atom. The molecule has 3 aliphatic rings. The van der Waals surface area contributed by atoms with Crippen molar-refractivity contribution in [2.75, 3.05) is 25.0 Å². The third-order valence-corrected chi connectivity index (χ3v) is 12.1. The number of benzene rings is 2. The lowest BCUT2D eigenvalue weighted by atomic mass is 9.84. The number of hydrogen-bond donors (Lipinski definition) is 2. The number of imide groups is 1. The number of anilines is 1. The number of piperidine rings is 2. The smallest absolute Gasteiger partial charge is 0.320 e. The van der Waals surface area contributed by atoms with Gasteiger partial charge in [0.05, 0.1) is 28.3 Å². The number of hydrogen-bond acceptors (Lipinski definition) is 7. The molecule has 1 saturated carbocycles. The molecule has 5 aromatic rings. The summed E-state index contributed by atoms with van der Waals surface area (Å²) in [5, 5.41) is 9.83. The predicted molar refractivity (Wildman–Crippen MR) is 204 cm³/mol. The molecule has 2 aliphatic heterocycles. The number of aromatic nitrogens is 5. The summed E-state index contributed by atoms with van der Waals surface area (Å²) in [7, 11) is 1.73. The number of alkyl halides is 5. The van der Waals surface area contributed by atoms with Crippen LogP contribution in [0, 0.1) is 11.8 Å². The highest BCUT2D eigenvalue weighted by Gasteiger charge is 2.34. The Morgan fingerprint density at radius 3 is 2.40 bits per heavy atom. The minimum atomic E-state index is -4.77. The van der Waals surface area contributed by atoms with Crippen LogP contribution in [-0.4, -0.2) is 66.2 Å². The molecular weight excluding hydrogens is 763 g/mol. The number of rotatable bonds is 9. The highest BCUT2D eigenvalue weighted by Crippen LogP contribution is 2.37. The molecule has 3 amide bonds. The van der Waals surface area contributed by atoms with Crippen LogP contribution in [0.5, 0.6) is 0 Å². The van der Waals surface area contributed by atoms with E-state index >= 15 is 0 Å². The molecule has 1 unspecified atom stereocenters. The minimum Gasteiger partial charge on any atom is -0.320 e. The Morgan fingerprint density at radius 1 is 0.948 bits per heavy atom. The van der Waals surface area contributed by atoms with E-state index in [0.717, 1.165) is 93.9 Å². The SMILES string of the molecule is Cn1c(=O)n(C2CCC(=O)NC2=O)c2cccc(CC3CCN(CC4CCC(n5cc6cc(NC(=O)c7cccc(C(F)(F)F)n7)c(C(F)F)cc6n5)CC4)CC3)c21. The average molecular weight is 807 g/mol. The Kier molecular flexibility index (Phi) is 10.7. The lowest BCUT2D eigenvalue weighted by Gasteiger charge is -2.36. The largest absolute Gasteiger partial charge is 0.433 e. The Bertz CT molecular complexity index is 2440. The van der Waals surface area contributed by atoms with E-state index < -0.39 is 47.4 Å². The zero-order valence-corrected chi connectivity index (χ0v) is 31.8. The molecule has 0 bridgehead atoms. The zero-order valence-electron chi connectivity index (χ0n) is 31.8. The average Bonchev–Trinajstić information content (AvgIpc) is 3.73. The predicted octanol–water partition coefficient (Wildman–Crippen LogP) is 6.96. The van der Waals surface area contributed by atoms with Crippen LogP contribution in [0.4, 0.5) is 27.6 Å². The van der Waals surface area contributed by atoms with Gasteiger partial charge in [-0.05, 0) is 112 Å². The number of nitrogens with zero attached hydrogens (tertiary/aromatic N) is 6. The summed E-state index contributed by atoms with van der Waals surface area (Å²) in [6.07, 6.45) is 1.06. The molecule has 0 radical (unpaired) electrons. The number of carbonyl (C=O) groups excluding carboxylic acids is 3. The van der Waals surface area contributed by atoms with Crippen molar-refractivity contribution >= 4 is 45.3 Å². The van der Waals surface area contributed by atoms with Crippen molar-refractivity contribution in [3.63, 3.8) is 0 Å². The fraction of sp³-hybridized carbons (Fsp3) is 0.463. The van der Waals surface area contributed by atoms with E-state index in [0.29, 0.717) is 34.7 Å². The molecule has 5 heterocycles. The minimum absolute atomic E-state index is 0.0697. The van der Waals surface area contributed by atoms with Crippen LogP contribution in [0.2, 0.25) is 0 Å². The van der Waals surface area contributed by atoms with Crippen LogP contribution in [0.25, 0.3) is 21.9 Å². The Balaban J connectivity index is 0.861.